The topological polar surface area (TPSA) is 71.3 Å². The molecule has 1 atom stereocenters. The van der Waals surface area contributed by atoms with Crippen LogP contribution in [0.1, 0.15) is 19.7 Å². The van der Waals surface area contributed by atoms with Crippen molar-refractivity contribution in [1.29, 1.82) is 0 Å². The molecule has 2 amide bonds. The van der Waals surface area contributed by atoms with Gasteiger partial charge in [0.05, 0.1) is 5.75 Å². The summed E-state index contributed by atoms with van der Waals surface area (Å²) in [5, 5.41) is 5.17. The van der Waals surface area contributed by atoms with Crippen LogP contribution >= 0.6 is 23.5 Å². The lowest BCUT2D eigenvalue weighted by Gasteiger charge is -2.20. The second-order valence-corrected chi connectivity index (χ2v) is 8.63. The number of carbonyl (C=O) groups excluding carboxylic acids is 2. The van der Waals surface area contributed by atoms with Gasteiger partial charge in [-0.15, -0.1) is 5.10 Å². The Morgan fingerprint density at radius 2 is 1.89 bits per heavy atom. The lowest BCUT2D eigenvalue weighted by Crippen LogP contribution is -2.32. The van der Waals surface area contributed by atoms with Gasteiger partial charge < -0.3 is 9.80 Å². The molecule has 2 aromatic rings. The lowest BCUT2D eigenvalue weighted by molar-refractivity contribution is -0.116. The van der Waals surface area contributed by atoms with E-state index in [2.05, 4.69) is 17.0 Å². The summed E-state index contributed by atoms with van der Waals surface area (Å²) in [6.07, 6.45) is 2.70. The van der Waals surface area contributed by atoms with E-state index in [1.54, 1.807) is 30.8 Å². The molecule has 1 heterocycles. The molecule has 0 radical (unpaired) electrons. The first-order valence-electron chi connectivity index (χ1n) is 9.06. The van der Waals surface area contributed by atoms with Gasteiger partial charge in [0, 0.05) is 38.0 Å². The maximum absolute atomic E-state index is 12.7. The van der Waals surface area contributed by atoms with Crippen molar-refractivity contribution in [3.05, 3.63) is 36.2 Å². The molecular formula is C19H27N5O2S2. The number of benzene rings is 1. The van der Waals surface area contributed by atoms with E-state index in [4.69, 9.17) is 0 Å². The number of para-hydroxylation sites is 1. The Balaban J connectivity index is 2.17. The third-order valence-electron chi connectivity index (χ3n) is 4.07. The molecule has 0 saturated carbocycles. The average molecular weight is 422 g/mol. The summed E-state index contributed by atoms with van der Waals surface area (Å²) in [7, 11) is 3.34. The normalized spacial score (nSPS) is 11.9. The molecule has 0 spiro atoms. The van der Waals surface area contributed by atoms with Crippen molar-refractivity contribution in [3.8, 4) is 0 Å². The molecule has 152 valence electrons. The summed E-state index contributed by atoms with van der Waals surface area (Å²) in [6, 6.07) is 9.27. The standard InChI is InChI=1S/C19H27N5O2S2/c1-6-23(15-10-8-7-9-11-15)17(25)13-28-18-20-16(12-14(2)27-5)21-24(18)19(26)22(3)4/h7-11,14H,6,12-13H2,1-5H3. The number of nitrogens with zero attached hydrogens (tertiary/aromatic N) is 5. The second kappa shape index (κ2) is 10.5. The van der Waals surface area contributed by atoms with Gasteiger partial charge in [-0.3, -0.25) is 4.79 Å². The number of hydrogen-bond acceptors (Lipinski definition) is 6. The number of hydrogen-bond donors (Lipinski definition) is 0. The Labute approximate surface area is 174 Å². The highest BCUT2D eigenvalue weighted by atomic mass is 32.2. The number of carbonyl (C=O) groups is 2. The Morgan fingerprint density at radius 3 is 2.46 bits per heavy atom. The van der Waals surface area contributed by atoms with Gasteiger partial charge in [0.1, 0.15) is 0 Å². The summed E-state index contributed by atoms with van der Waals surface area (Å²) in [5.41, 5.74) is 0.857. The monoisotopic (exact) mass is 421 g/mol. The molecule has 28 heavy (non-hydrogen) atoms. The van der Waals surface area contributed by atoms with Crippen molar-refractivity contribution in [1.82, 2.24) is 19.7 Å². The molecule has 0 saturated heterocycles. The van der Waals surface area contributed by atoms with E-state index in [1.165, 1.54) is 21.3 Å². The quantitative estimate of drug-likeness (QED) is 0.610. The second-order valence-electron chi connectivity index (χ2n) is 6.41. The molecule has 0 aliphatic heterocycles. The van der Waals surface area contributed by atoms with Crippen LogP contribution in [0.15, 0.2) is 35.5 Å². The van der Waals surface area contributed by atoms with Crippen LogP contribution in [-0.2, 0) is 11.2 Å². The highest BCUT2D eigenvalue weighted by Crippen LogP contribution is 2.21. The average Bonchev–Trinajstić information content (AvgIpc) is 3.09. The summed E-state index contributed by atoms with van der Waals surface area (Å²) in [6.45, 7) is 4.60. The van der Waals surface area contributed by atoms with Crippen LogP contribution in [0.2, 0.25) is 0 Å². The SMILES string of the molecule is CCN(C(=O)CSc1nc(CC(C)SC)nn1C(=O)N(C)C)c1ccccc1. The van der Waals surface area contributed by atoms with Crippen molar-refractivity contribution >= 4 is 41.1 Å². The Kier molecular flexibility index (Phi) is 8.37. The van der Waals surface area contributed by atoms with E-state index >= 15 is 0 Å². The van der Waals surface area contributed by atoms with Crippen LogP contribution < -0.4 is 4.90 Å². The highest BCUT2D eigenvalue weighted by Gasteiger charge is 2.21. The van der Waals surface area contributed by atoms with Crippen LogP contribution in [0, 0.1) is 0 Å². The molecule has 1 unspecified atom stereocenters. The number of thioether (sulfide) groups is 2. The fraction of sp³-hybridized carbons (Fsp3) is 0.474. The Morgan fingerprint density at radius 1 is 1.21 bits per heavy atom. The first-order chi connectivity index (χ1) is 13.4. The van der Waals surface area contributed by atoms with Gasteiger partial charge in [-0.2, -0.15) is 16.4 Å². The number of anilines is 1. The van der Waals surface area contributed by atoms with E-state index < -0.39 is 0 Å². The van der Waals surface area contributed by atoms with Gasteiger partial charge in [0.25, 0.3) is 0 Å². The summed E-state index contributed by atoms with van der Waals surface area (Å²) >= 11 is 2.96. The smallest absolute Gasteiger partial charge is 0.329 e. The zero-order valence-electron chi connectivity index (χ0n) is 17.0. The molecule has 1 aromatic heterocycles. The van der Waals surface area contributed by atoms with E-state index in [-0.39, 0.29) is 17.7 Å². The Hall–Kier alpha value is -2.00. The number of aromatic nitrogens is 3. The fourth-order valence-corrected chi connectivity index (χ4v) is 3.62. The molecule has 2 rings (SSSR count). The molecule has 0 aliphatic rings. The zero-order chi connectivity index (χ0) is 20.7. The minimum atomic E-state index is -0.277. The van der Waals surface area contributed by atoms with E-state index in [0.717, 1.165) is 5.69 Å². The highest BCUT2D eigenvalue weighted by molar-refractivity contribution is 7.99. The van der Waals surface area contributed by atoms with Crippen LogP contribution in [0.5, 0.6) is 0 Å². The third kappa shape index (κ3) is 5.75. The van der Waals surface area contributed by atoms with Crippen LogP contribution in [0.25, 0.3) is 0 Å². The van der Waals surface area contributed by atoms with Crippen LogP contribution in [0.4, 0.5) is 10.5 Å². The van der Waals surface area contributed by atoms with Gasteiger partial charge in [-0.05, 0) is 25.3 Å². The molecular weight excluding hydrogens is 394 g/mol. The van der Waals surface area contributed by atoms with Crippen molar-refractivity contribution in [2.24, 2.45) is 0 Å². The van der Waals surface area contributed by atoms with Crippen molar-refractivity contribution in [2.75, 3.05) is 37.5 Å². The summed E-state index contributed by atoms with van der Waals surface area (Å²) < 4.78 is 1.29. The van der Waals surface area contributed by atoms with Gasteiger partial charge >= 0.3 is 6.03 Å². The molecule has 0 bridgehead atoms. The molecule has 0 aliphatic carbocycles. The fourth-order valence-electron chi connectivity index (χ4n) is 2.49. The van der Waals surface area contributed by atoms with Crippen LogP contribution in [0.3, 0.4) is 0 Å². The lowest BCUT2D eigenvalue weighted by atomic mass is 10.3. The van der Waals surface area contributed by atoms with Gasteiger partial charge in [-0.25, -0.2) is 9.78 Å². The van der Waals surface area contributed by atoms with Gasteiger partial charge in [-0.1, -0.05) is 36.9 Å². The first-order valence-corrected chi connectivity index (χ1v) is 11.3. The zero-order valence-corrected chi connectivity index (χ0v) is 18.6. The van der Waals surface area contributed by atoms with Gasteiger partial charge in [0.2, 0.25) is 5.91 Å². The molecule has 7 nitrogen and oxygen atoms in total. The first kappa shape index (κ1) is 22.3. The molecule has 1 aromatic carbocycles. The number of rotatable bonds is 8. The maximum atomic E-state index is 12.7. The van der Waals surface area contributed by atoms with E-state index in [0.29, 0.717) is 29.2 Å². The molecule has 9 heteroatoms. The molecule has 0 fully saturated rings. The summed E-state index contributed by atoms with van der Waals surface area (Å²) in [4.78, 5) is 32.9. The van der Waals surface area contributed by atoms with Crippen molar-refractivity contribution < 1.29 is 9.59 Å². The van der Waals surface area contributed by atoms with E-state index in [1.807, 2.05) is 43.5 Å². The minimum Gasteiger partial charge on any atom is -0.329 e. The summed E-state index contributed by atoms with van der Waals surface area (Å²) in [5.74, 6) is 0.756. The minimum absolute atomic E-state index is 0.0374. The van der Waals surface area contributed by atoms with Crippen LogP contribution in [-0.4, -0.2) is 69.5 Å². The van der Waals surface area contributed by atoms with Gasteiger partial charge in [0.15, 0.2) is 11.0 Å². The maximum Gasteiger partial charge on any atom is 0.346 e. The third-order valence-corrected chi connectivity index (χ3v) is 5.95. The van der Waals surface area contributed by atoms with Crippen molar-refractivity contribution in [2.45, 2.75) is 30.7 Å². The predicted octanol–water partition coefficient (Wildman–Crippen LogP) is 3.25. The van der Waals surface area contributed by atoms with Crippen molar-refractivity contribution in [3.63, 3.8) is 0 Å². The van der Waals surface area contributed by atoms with E-state index in [9.17, 15) is 9.59 Å². The largest absolute Gasteiger partial charge is 0.346 e. The number of amides is 2. The predicted molar refractivity (Wildman–Crippen MR) is 116 cm³/mol. The molecule has 0 N–H and O–H groups in total. The Bertz CT molecular complexity index is 795.